The lowest BCUT2D eigenvalue weighted by atomic mass is 10.2. The van der Waals surface area contributed by atoms with Crippen LogP contribution >= 0.6 is 15.9 Å². The first kappa shape index (κ1) is 14.1. The molecule has 0 N–H and O–H groups in total. The van der Waals surface area contributed by atoms with Gasteiger partial charge in [-0.3, -0.25) is 4.40 Å². The molecule has 0 unspecified atom stereocenters. The van der Waals surface area contributed by atoms with Crippen molar-refractivity contribution in [1.82, 2.24) is 19.6 Å². The minimum Gasteiger partial charge on any atom is -0.326 e. The topological polar surface area (TPSA) is 46.3 Å². The molecule has 4 rings (SSSR count). The molecule has 0 saturated carbocycles. The SMILES string of the molecule is CCN(c1ccccc1)c1nc2nncn2c2cc(Br)ccc12. The first-order chi connectivity index (χ1) is 11.3. The summed E-state index contributed by atoms with van der Waals surface area (Å²) in [6.07, 6.45) is 1.69. The van der Waals surface area contributed by atoms with Crippen LogP contribution < -0.4 is 4.90 Å². The van der Waals surface area contributed by atoms with E-state index < -0.39 is 0 Å². The lowest BCUT2D eigenvalue weighted by Gasteiger charge is -2.23. The van der Waals surface area contributed by atoms with E-state index in [0.717, 1.165) is 33.4 Å². The smallest absolute Gasteiger partial charge is 0.257 e. The Balaban J connectivity index is 2.04. The van der Waals surface area contributed by atoms with Gasteiger partial charge in [0.25, 0.3) is 5.78 Å². The summed E-state index contributed by atoms with van der Waals surface area (Å²) in [4.78, 5) is 6.93. The first-order valence-corrected chi connectivity index (χ1v) is 8.19. The summed E-state index contributed by atoms with van der Waals surface area (Å²) in [6, 6.07) is 16.4. The van der Waals surface area contributed by atoms with Crippen molar-refractivity contribution in [2.24, 2.45) is 0 Å². The number of hydrogen-bond acceptors (Lipinski definition) is 4. The fourth-order valence-corrected chi connectivity index (χ4v) is 3.14. The Morgan fingerprint density at radius 1 is 1.13 bits per heavy atom. The van der Waals surface area contributed by atoms with Crippen LogP contribution in [0.2, 0.25) is 0 Å². The molecule has 0 fully saturated rings. The molecule has 2 aromatic heterocycles. The van der Waals surface area contributed by atoms with Gasteiger partial charge in [-0.1, -0.05) is 34.1 Å². The highest BCUT2D eigenvalue weighted by atomic mass is 79.9. The van der Waals surface area contributed by atoms with Gasteiger partial charge in [0.1, 0.15) is 12.1 Å². The predicted octanol–water partition coefficient (Wildman–Crippen LogP) is 4.20. The third kappa shape index (κ3) is 2.35. The van der Waals surface area contributed by atoms with Crippen molar-refractivity contribution >= 4 is 44.1 Å². The minimum atomic E-state index is 0.597. The fourth-order valence-electron chi connectivity index (χ4n) is 2.79. The van der Waals surface area contributed by atoms with Crippen LogP contribution in [0.25, 0.3) is 16.7 Å². The summed E-state index contributed by atoms with van der Waals surface area (Å²) in [5.41, 5.74) is 2.13. The lowest BCUT2D eigenvalue weighted by molar-refractivity contribution is 0.989. The van der Waals surface area contributed by atoms with Gasteiger partial charge in [-0.25, -0.2) is 0 Å². The summed E-state index contributed by atoms with van der Waals surface area (Å²) in [7, 11) is 0. The maximum Gasteiger partial charge on any atom is 0.257 e. The molecule has 0 amide bonds. The molecule has 2 heterocycles. The van der Waals surface area contributed by atoms with E-state index in [-0.39, 0.29) is 0 Å². The molecular formula is C17H14BrN5. The minimum absolute atomic E-state index is 0.597. The Labute approximate surface area is 141 Å². The summed E-state index contributed by atoms with van der Waals surface area (Å²) >= 11 is 3.54. The summed E-state index contributed by atoms with van der Waals surface area (Å²) in [5.74, 6) is 1.49. The number of anilines is 2. The number of benzene rings is 2. The second-order valence-corrected chi connectivity index (χ2v) is 6.09. The maximum atomic E-state index is 4.74. The zero-order chi connectivity index (χ0) is 15.8. The van der Waals surface area contributed by atoms with E-state index in [4.69, 9.17) is 4.98 Å². The number of fused-ring (bicyclic) bond motifs is 3. The summed E-state index contributed by atoms with van der Waals surface area (Å²) in [6.45, 7) is 2.93. The highest BCUT2D eigenvalue weighted by Crippen LogP contribution is 2.32. The van der Waals surface area contributed by atoms with Gasteiger partial charge in [-0.15, -0.1) is 10.2 Å². The molecule has 5 nitrogen and oxygen atoms in total. The van der Waals surface area contributed by atoms with E-state index in [2.05, 4.69) is 62.2 Å². The molecule has 23 heavy (non-hydrogen) atoms. The quantitative estimate of drug-likeness (QED) is 0.544. The number of aromatic nitrogens is 4. The molecule has 0 saturated heterocycles. The normalized spacial score (nSPS) is 11.2. The van der Waals surface area contributed by atoms with Crippen molar-refractivity contribution < 1.29 is 0 Å². The van der Waals surface area contributed by atoms with Crippen LogP contribution in [0.1, 0.15) is 6.92 Å². The molecule has 4 aromatic rings. The Kier molecular flexibility index (Phi) is 3.46. The van der Waals surface area contributed by atoms with Crippen LogP contribution in [0, 0.1) is 0 Å². The fraction of sp³-hybridized carbons (Fsp3) is 0.118. The molecule has 0 spiro atoms. The molecule has 114 valence electrons. The van der Waals surface area contributed by atoms with E-state index in [1.807, 2.05) is 28.7 Å². The Hall–Kier alpha value is -2.47. The highest BCUT2D eigenvalue weighted by Gasteiger charge is 2.16. The van der Waals surface area contributed by atoms with E-state index in [1.54, 1.807) is 6.33 Å². The summed E-state index contributed by atoms with van der Waals surface area (Å²) < 4.78 is 2.92. The van der Waals surface area contributed by atoms with Crippen molar-refractivity contribution in [2.45, 2.75) is 6.92 Å². The number of nitrogens with zero attached hydrogens (tertiary/aromatic N) is 5. The van der Waals surface area contributed by atoms with Gasteiger partial charge in [0, 0.05) is 22.1 Å². The van der Waals surface area contributed by atoms with Gasteiger partial charge in [-0.05, 0) is 37.3 Å². The average Bonchev–Trinajstić information content (AvgIpc) is 3.05. The maximum absolute atomic E-state index is 4.74. The van der Waals surface area contributed by atoms with Crippen LogP contribution in [0.5, 0.6) is 0 Å². The van der Waals surface area contributed by atoms with Gasteiger partial charge in [0.2, 0.25) is 0 Å². The van der Waals surface area contributed by atoms with Gasteiger partial charge in [0.15, 0.2) is 0 Å². The number of para-hydroxylation sites is 1. The molecule has 2 aromatic carbocycles. The van der Waals surface area contributed by atoms with Crippen LogP contribution in [0.3, 0.4) is 0 Å². The predicted molar refractivity (Wildman–Crippen MR) is 95.1 cm³/mol. The monoisotopic (exact) mass is 367 g/mol. The van der Waals surface area contributed by atoms with Crippen molar-refractivity contribution in [1.29, 1.82) is 0 Å². The van der Waals surface area contributed by atoms with Gasteiger partial charge < -0.3 is 4.90 Å². The zero-order valence-electron chi connectivity index (χ0n) is 12.5. The third-order valence-corrected chi connectivity index (χ3v) is 4.33. The second kappa shape index (κ2) is 5.62. The molecule has 0 aliphatic rings. The van der Waals surface area contributed by atoms with Crippen molar-refractivity contribution in [3.8, 4) is 0 Å². The standard InChI is InChI=1S/C17H14BrN5/c1-2-22(13-6-4-3-5-7-13)16-14-9-8-12(18)10-15(14)23-11-19-21-17(23)20-16/h3-11H,2H2,1H3. The van der Waals surface area contributed by atoms with E-state index in [1.165, 1.54) is 0 Å². The molecule has 0 aliphatic carbocycles. The number of rotatable bonds is 3. The van der Waals surface area contributed by atoms with Crippen LogP contribution in [-0.4, -0.2) is 26.1 Å². The molecule has 0 radical (unpaired) electrons. The number of hydrogen-bond donors (Lipinski definition) is 0. The third-order valence-electron chi connectivity index (χ3n) is 3.84. The molecule has 0 aliphatic heterocycles. The van der Waals surface area contributed by atoms with Crippen molar-refractivity contribution in [3.05, 3.63) is 59.3 Å². The van der Waals surface area contributed by atoms with Crippen molar-refractivity contribution in [2.75, 3.05) is 11.4 Å². The molecule has 0 bridgehead atoms. The lowest BCUT2D eigenvalue weighted by Crippen LogP contribution is -2.18. The van der Waals surface area contributed by atoms with E-state index >= 15 is 0 Å². The Morgan fingerprint density at radius 2 is 1.96 bits per heavy atom. The average molecular weight is 368 g/mol. The second-order valence-electron chi connectivity index (χ2n) is 5.18. The largest absolute Gasteiger partial charge is 0.326 e. The van der Waals surface area contributed by atoms with Crippen LogP contribution in [0.4, 0.5) is 11.5 Å². The number of halogens is 1. The van der Waals surface area contributed by atoms with E-state index in [9.17, 15) is 0 Å². The van der Waals surface area contributed by atoms with E-state index in [0.29, 0.717) is 5.78 Å². The highest BCUT2D eigenvalue weighted by molar-refractivity contribution is 9.10. The molecule has 6 heteroatoms. The molecule has 0 atom stereocenters. The zero-order valence-corrected chi connectivity index (χ0v) is 14.1. The van der Waals surface area contributed by atoms with Gasteiger partial charge >= 0.3 is 0 Å². The van der Waals surface area contributed by atoms with Gasteiger partial charge in [0.05, 0.1) is 5.52 Å². The van der Waals surface area contributed by atoms with Crippen LogP contribution in [0.15, 0.2) is 59.3 Å². The van der Waals surface area contributed by atoms with Gasteiger partial charge in [-0.2, -0.15) is 4.98 Å². The van der Waals surface area contributed by atoms with Crippen LogP contribution in [-0.2, 0) is 0 Å². The molecular weight excluding hydrogens is 354 g/mol. The Morgan fingerprint density at radius 3 is 2.74 bits per heavy atom. The summed E-state index contributed by atoms with van der Waals surface area (Å²) in [5, 5.41) is 9.19. The Bertz CT molecular complexity index is 980. The first-order valence-electron chi connectivity index (χ1n) is 7.39. The van der Waals surface area contributed by atoms with Crippen molar-refractivity contribution in [3.63, 3.8) is 0 Å².